The number of hydrogen-bond donors (Lipinski definition) is 3. The number of anilines is 1. The Morgan fingerprint density at radius 2 is 2.00 bits per heavy atom. The topological polar surface area (TPSA) is 98.0 Å². The lowest BCUT2D eigenvalue weighted by Crippen LogP contribution is -2.21. The van der Waals surface area contributed by atoms with E-state index in [1.165, 1.54) is 0 Å². The number of benzene rings is 1. The number of hydrogen-bond acceptors (Lipinski definition) is 4. The van der Waals surface area contributed by atoms with Gasteiger partial charge in [0.25, 0.3) is 0 Å². The summed E-state index contributed by atoms with van der Waals surface area (Å²) in [5.74, 6) is -0.433. The Kier molecular flexibility index (Phi) is 4.99. The van der Waals surface area contributed by atoms with Crippen molar-refractivity contribution in [3.63, 3.8) is 0 Å². The predicted octanol–water partition coefficient (Wildman–Crippen LogP) is 2.83. The van der Waals surface area contributed by atoms with Gasteiger partial charge in [0.05, 0.1) is 15.7 Å². The van der Waals surface area contributed by atoms with Crippen molar-refractivity contribution in [1.82, 2.24) is 0 Å². The Bertz CT molecular complexity index is 512. The Hall–Kier alpha value is -1.04. The van der Waals surface area contributed by atoms with Gasteiger partial charge >= 0.3 is 0 Å². The van der Waals surface area contributed by atoms with E-state index in [-0.39, 0.29) is 5.71 Å². The summed E-state index contributed by atoms with van der Waals surface area (Å²) in [5, 5.41) is 20.1. The number of nitriles is 1. The molecule has 0 aliphatic carbocycles. The van der Waals surface area contributed by atoms with Crippen molar-refractivity contribution < 1.29 is 0 Å². The Morgan fingerprint density at radius 1 is 1.47 bits per heavy atom. The number of nitrogens with zero attached hydrogens (tertiary/aromatic N) is 2. The molecular weight excluding hydrogens is 376 g/mol. The van der Waals surface area contributed by atoms with Crippen molar-refractivity contribution in [1.29, 1.82) is 10.7 Å². The van der Waals surface area contributed by atoms with Crippen LogP contribution in [0.15, 0.2) is 17.2 Å². The van der Waals surface area contributed by atoms with Crippen LogP contribution in [-0.4, -0.2) is 11.5 Å². The summed E-state index contributed by atoms with van der Waals surface area (Å²) in [7, 11) is 0. The van der Waals surface area contributed by atoms with Gasteiger partial charge in [0.1, 0.15) is 6.07 Å². The highest BCUT2D eigenvalue weighted by Crippen LogP contribution is 2.32. The molecule has 0 radical (unpaired) electrons. The molecular formula is C9H6Cl2IN5. The third-order valence-corrected chi connectivity index (χ3v) is 2.87. The van der Waals surface area contributed by atoms with Crippen molar-refractivity contribution in [3.05, 3.63) is 25.7 Å². The van der Waals surface area contributed by atoms with Gasteiger partial charge in [-0.25, -0.2) is 0 Å². The van der Waals surface area contributed by atoms with Crippen LogP contribution in [0, 0.1) is 20.3 Å². The SMILES string of the molecule is N#C/C(=N\Nc1c(Cl)cc(I)cc1Cl)C(=N)N. The number of amidine groups is 1. The largest absolute Gasteiger partial charge is 0.382 e. The van der Waals surface area contributed by atoms with Crippen molar-refractivity contribution in [2.24, 2.45) is 10.8 Å². The minimum atomic E-state index is -0.433. The van der Waals surface area contributed by atoms with Crippen molar-refractivity contribution >= 4 is 63.0 Å². The van der Waals surface area contributed by atoms with Gasteiger partial charge < -0.3 is 5.73 Å². The van der Waals surface area contributed by atoms with Crippen LogP contribution in [-0.2, 0) is 0 Å². The minimum absolute atomic E-state index is 0.240. The summed E-state index contributed by atoms with van der Waals surface area (Å²) in [6.07, 6.45) is 0. The van der Waals surface area contributed by atoms with Gasteiger partial charge in [-0.1, -0.05) is 23.2 Å². The van der Waals surface area contributed by atoms with Crippen LogP contribution >= 0.6 is 45.8 Å². The molecule has 0 aromatic heterocycles. The van der Waals surface area contributed by atoms with Gasteiger partial charge in [-0.05, 0) is 34.7 Å². The van der Waals surface area contributed by atoms with Crippen LogP contribution < -0.4 is 11.2 Å². The first kappa shape index (κ1) is 14.0. The molecule has 1 aromatic rings. The van der Waals surface area contributed by atoms with E-state index < -0.39 is 5.84 Å². The molecule has 0 saturated heterocycles. The van der Waals surface area contributed by atoms with Crippen LogP contribution in [0.25, 0.3) is 0 Å². The molecule has 0 aliphatic rings. The third-order valence-electron chi connectivity index (χ3n) is 1.65. The molecule has 0 heterocycles. The first-order valence-corrected chi connectivity index (χ1v) is 6.02. The second-order valence-electron chi connectivity index (χ2n) is 2.84. The van der Waals surface area contributed by atoms with E-state index in [0.29, 0.717) is 15.7 Å². The Balaban J connectivity index is 3.05. The quantitative estimate of drug-likeness (QED) is 0.325. The lowest BCUT2D eigenvalue weighted by atomic mass is 10.3. The molecule has 0 bridgehead atoms. The van der Waals surface area contributed by atoms with Gasteiger partial charge in [-0.15, -0.1) is 0 Å². The first-order valence-electron chi connectivity index (χ1n) is 4.18. The number of rotatable bonds is 3. The van der Waals surface area contributed by atoms with Gasteiger partial charge in [0.15, 0.2) is 5.84 Å². The second kappa shape index (κ2) is 6.05. The minimum Gasteiger partial charge on any atom is -0.382 e. The van der Waals surface area contributed by atoms with E-state index in [4.69, 9.17) is 39.6 Å². The molecule has 0 fully saturated rings. The van der Waals surface area contributed by atoms with Crippen molar-refractivity contribution in [3.8, 4) is 6.07 Å². The number of hydrazone groups is 1. The van der Waals surface area contributed by atoms with Crippen LogP contribution in [0.1, 0.15) is 0 Å². The molecule has 4 N–H and O–H groups in total. The molecule has 5 nitrogen and oxygen atoms in total. The molecule has 0 spiro atoms. The maximum atomic E-state index is 8.65. The van der Waals surface area contributed by atoms with Crippen LogP contribution in [0.3, 0.4) is 0 Å². The van der Waals surface area contributed by atoms with Gasteiger partial charge in [0, 0.05) is 3.57 Å². The Labute approximate surface area is 121 Å². The fourth-order valence-corrected chi connectivity index (χ4v) is 2.47. The number of nitrogens with one attached hydrogen (secondary N) is 2. The van der Waals surface area contributed by atoms with Crippen LogP contribution in [0.5, 0.6) is 0 Å². The average molecular weight is 382 g/mol. The number of halogens is 3. The molecule has 0 amide bonds. The monoisotopic (exact) mass is 381 g/mol. The molecule has 0 aliphatic heterocycles. The Morgan fingerprint density at radius 3 is 2.41 bits per heavy atom. The van der Waals surface area contributed by atoms with E-state index >= 15 is 0 Å². The zero-order valence-electron chi connectivity index (χ0n) is 8.26. The standard InChI is InChI=1S/C9H6Cl2IN5/c10-5-1-4(12)2-6(11)8(5)17-16-7(3-13)9(14)15/h1-2,17H,(H3,14,15)/b16-7+. The highest BCUT2D eigenvalue weighted by atomic mass is 127. The molecule has 1 aromatic carbocycles. The highest BCUT2D eigenvalue weighted by molar-refractivity contribution is 14.1. The maximum absolute atomic E-state index is 8.65. The van der Waals surface area contributed by atoms with E-state index in [2.05, 4.69) is 33.1 Å². The molecule has 8 heteroatoms. The lowest BCUT2D eigenvalue weighted by molar-refractivity contribution is 1.33. The summed E-state index contributed by atoms with van der Waals surface area (Å²) in [6.45, 7) is 0. The lowest BCUT2D eigenvalue weighted by Gasteiger charge is -2.07. The van der Waals surface area contributed by atoms with E-state index in [1.807, 2.05) is 0 Å². The summed E-state index contributed by atoms with van der Waals surface area (Å²) >= 11 is 14.0. The first-order chi connectivity index (χ1) is 7.95. The second-order valence-corrected chi connectivity index (χ2v) is 4.90. The fraction of sp³-hybridized carbons (Fsp3) is 0. The molecule has 0 atom stereocenters. The summed E-state index contributed by atoms with van der Waals surface area (Å²) in [6, 6.07) is 5.04. The summed E-state index contributed by atoms with van der Waals surface area (Å²) in [5.41, 5.74) is 7.78. The predicted molar refractivity (Wildman–Crippen MR) is 77.8 cm³/mol. The normalized spacial score (nSPS) is 10.8. The van der Waals surface area contributed by atoms with Gasteiger partial charge in [0.2, 0.25) is 5.71 Å². The zero-order chi connectivity index (χ0) is 13.0. The third kappa shape index (κ3) is 3.73. The maximum Gasteiger partial charge on any atom is 0.201 e. The molecule has 0 unspecified atom stereocenters. The zero-order valence-corrected chi connectivity index (χ0v) is 11.9. The van der Waals surface area contributed by atoms with E-state index in [9.17, 15) is 0 Å². The average Bonchev–Trinajstić information content (AvgIpc) is 2.21. The van der Waals surface area contributed by atoms with Crippen LogP contribution in [0.4, 0.5) is 5.69 Å². The van der Waals surface area contributed by atoms with Crippen molar-refractivity contribution in [2.75, 3.05) is 5.43 Å². The van der Waals surface area contributed by atoms with Crippen molar-refractivity contribution in [2.45, 2.75) is 0 Å². The smallest absolute Gasteiger partial charge is 0.201 e. The molecule has 0 saturated carbocycles. The molecule has 17 heavy (non-hydrogen) atoms. The van der Waals surface area contributed by atoms with Gasteiger partial charge in [-0.3, -0.25) is 10.8 Å². The van der Waals surface area contributed by atoms with E-state index in [0.717, 1.165) is 3.57 Å². The highest BCUT2D eigenvalue weighted by Gasteiger charge is 2.08. The van der Waals surface area contributed by atoms with E-state index in [1.54, 1.807) is 18.2 Å². The van der Waals surface area contributed by atoms with Gasteiger partial charge in [-0.2, -0.15) is 10.4 Å². The summed E-state index contributed by atoms with van der Waals surface area (Å²) in [4.78, 5) is 0. The number of nitrogens with two attached hydrogens (primary N) is 1. The fourth-order valence-electron chi connectivity index (χ4n) is 0.906. The molecule has 88 valence electrons. The van der Waals surface area contributed by atoms with Crippen LogP contribution in [0.2, 0.25) is 10.0 Å². The summed E-state index contributed by atoms with van der Waals surface area (Å²) < 4.78 is 0.874. The molecule has 1 rings (SSSR count).